The lowest BCUT2D eigenvalue weighted by molar-refractivity contribution is 0.308. The first-order valence-corrected chi connectivity index (χ1v) is 8.10. The summed E-state index contributed by atoms with van der Waals surface area (Å²) in [6.07, 6.45) is 3.84. The van der Waals surface area contributed by atoms with E-state index < -0.39 is 0 Å². The normalized spacial score (nSPS) is 11.4. The second kappa shape index (κ2) is 6.61. The van der Waals surface area contributed by atoms with Gasteiger partial charge in [-0.15, -0.1) is 0 Å². The number of pyridine rings is 2. The molecule has 0 unspecified atom stereocenters. The van der Waals surface area contributed by atoms with Gasteiger partial charge in [0.05, 0.1) is 24.7 Å². The molecule has 0 aliphatic heterocycles. The van der Waals surface area contributed by atoms with Gasteiger partial charge in [0.15, 0.2) is 0 Å². The van der Waals surface area contributed by atoms with Gasteiger partial charge in [0.1, 0.15) is 11.4 Å². The molecule has 0 bridgehead atoms. The lowest BCUT2D eigenvalue weighted by Crippen LogP contribution is -2.20. The van der Waals surface area contributed by atoms with Crippen molar-refractivity contribution in [2.45, 2.75) is 33.9 Å². The number of aromatic nitrogens is 3. The van der Waals surface area contributed by atoms with Crippen LogP contribution in [-0.2, 0) is 13.1 Å². The number of ether oxygens (including phenoxy) is 1. The summed E-state index contributed by atoms with van der Waals surface area (Å²) in [7, 11) is 3.81. The van der Waals surface area contributed by atoms with Gasteiger partial charge in [0.2, 0.25) is 0 Å². The molecule has 0 aliphatic rings. The quantitative estimate of drug-likeness (QED) is 0.722. The van der Waals surface area contributed by atoms with Crippen molar-refractivity contribution in [3.05, 3.63) is 58.8 Å². The molecule has 5 nitrogen and oxygen atoms in total. The van der Waals surface area contributed by atoms with Crippen LogP contribution in [0.1, 0.15) is 28.2 Å². The highest BCUT2D eigenvalue weighted by molar-refractivity contribution is 5.42. The Morgan fingerprint density at radius 1 is 1.08 bits per heavy atom. The molecule has 0 atom stereocenters. The molecule has 24 heavy (non-hydrogen) atoms. The fourth-order valence-electron chi connectivity index (χ4n) is 3.21. The first kappa shape index (κ1) is 16.5. The molecule has 0 radical (unpaired) electrons. The van der Waals surface area contributed by atoms with E-state index in [1.165, 1.54) is 11.4 Å². The van der Waals surface area contributed by atoms with Crippen LogP contribution in [0, 0.1) is 20.8 Å². The van der Waals surface area contributed by atoms with E-state index in [9.17, 15) is 0 Å². The molecule has 0 spiro atoms. The van der Waals surface area contributed by atoms with Gasteiger partial charge in [-0.3, -0.25) is 9.88 Å². The van der Waals surface area contributed by atoms with E-state index in [-0.39, 0.29) is 0 Å². The Kier molecular flexibility index (Phi) is 4.53. The summed E-state index contributed by atoms with van der Waals surface area (Å²) in [5.41, 5.74) is 6.59. The Labute approximate surface area is 142 Å². The molecule has 5 heteroatoms. The van der Waals surface area contributed by atoms with E-state index in [4.69, 9.17) is 4.74 Å². The Bertz CT molecular complexity index is 869. The SMILES string of the molecule is COc1c(C)cnc(CN(C)Cc2cnc3cccc(C)n23)c1C. The van der Waals surface area contributed by atoms with Crippen molar-refractivity contribution in [1.82, 2.24) is 19.3 Å². The fraction of sp³-hybridized carbons (Fsp3) is 0.368. The number of imidazole rings is 1. The van der Waals surface area contributed by atoms with Crippen LogP contribution in [0.5, 0.6) is 5.75 Å². The van der Waals surface area contributed by atoms with Gasteiger partial charge >= 0.3 is 0 Å². The zero-order chi connectivity index (χ0) is 17.3. The predicted molar refractivity (Wildman–Crippen MR) is 95.4 cm³/mol. The molecule has 3 rings (SSSR count). The molecule has 126 valence electrons. The summed E-state index contributed by atoms with van der Waals surface area (Å²) < 4.78 is 7.71. The van der Waals surface area contributed by atoms with Gasteiger partial charge in [-0.25, -0.2) is 4.98 Å². The molecule has 3 aromatic heterocycles. The molecule has 0 N–H and O–H groups in total. The van der Waals surface area contributed by atoms with Crippen LogP contribution in [0.3, 0.4) is 0 Å². The van der Waals surface area contributed by atoms with Gasteiger partial charge < -0.3 is 9.14 Å². The Morgan fingerprint density at radius 3 is 2.62 bits per heavy atom. The first-order chi connectivity index (χ1) is 11.5. The summed E-state index contributed by atoms with van der Waals surface area (Å²) >= 11 is 0. The average molecular weight is 324 g/mol. The molecule has 0 saturated heterocycles. The summed E-state index contributed by atoms with van der Waals surface area (Å²) in [4.78, 5) is 11.3. The molecule has 3 heterocycles. The van der Waals surface area contributed by atoms with Crippen molar-refractivity contribution >= 4 is 5.65 Å². The van der Waals surface area contributed by atoms with Crippen molar-refractivity contribution < 1.29 is 4.74 Å². The second-order valence-corrected chi connectivity index (χ2v) is 6.33. The number of aryl methyl sites for hydroxylation is 2. The van der Waals surface area contributed by atoms with Gasteiger partial charge in [0, 0.05) is 36.1 Å². The highest BCUT2D eigenvalue weighted by Gasteiger charge is 2.13. The molecule has 0 saturated carbocycles. The van der Waals surface area contributed by atoms with Gasteiger partial charge in [-0.05, 0) is 40.0 Å². The monoisotopic (exact) mass is 324 g/mol. The number of fused-ring (bicyclic) bond motifs is 1. The largest absolute Gasteiger partial charge is 0.496 e. The van der Waals surface area contributed by atoms with Gasteiger partial charge in [-0.2, -0.15) is 0 Å². The first-order valence-electron chi connectivity index (χ1n) is 8.10. The van der Waals surface area contributed by atoms with Crippen LogP contribution in [0.2, 0.25) is 0 Å². The topological polar surface area (TPSA) is 42.7 Å². The molecule has 3 aromatic rings. The third kappa shape index (κ3) is 2.99. The van der Waals surface area contributed by atoms with Crippen molar-refractivity contribution in [3.63, 3.8) is 0 Å². The third-order valence-corrected chi connectivity index (χ3v) is 4.40. The average Bonchev–Trinajstić information content (AvgIpc) is 2.95. The molecular weight excluding hydrogens is 300 g/mol. The number of nitrogens with zero attached hydrogens (tertiary/aromatic N) is 4. The highest BCUT2D eigenvalue weighted by atomic mass is 16.5. The smallest absolute Gasteiger partial charge is 0.137 e. The molecule has 0 fully saturated rings. The zero-order valence-electron chi connectivity index (χ0n) is 15.0. The van der Waals surface area contributed by atoms with Gasteiger partial charge in [-0.1, -0.05) is 6.07 Å². The van der Waals surface area contributed by atoms with Crippen LogP contribution in [0.4, 0.5) is 0 Å². The number of rotatable bonds is 5. The second-order valence-electron chi connectivity index (χ2n) is 6.33. The maximum Gasteiger partial charge on any atom is 0.137 e. The van der Waals surface area contributed by atoms with Crippen molar-refractivity contribution in [2.75, 3.05) is 14.2 Å². The van der Waals surface area contributed by atoms with E-state index in [0.717, 1.165) is 41.3 Å². The standard InChI is InChI=1S/C19H24N4O/c1-13-9-20-17(15(3)19(13)24-5)12-22(4)11-16-10-21-18-8-6-7-14(2)23(16)18/h6-10H,11-12H2,1-5H3. The lowest BCUT2D eigenvalue weighted by atomic mass is 10.1. The Morgan fingerprint density at radius 2 is 1.88 bits per heavy atom. The number of methoxy groups -OCH3 is 1. The van der Waals surface area contributed by atoms with E-state index in [1.54, 1.807) is 7.11 Å². The maximum absolute atomic E-state index is 5.50. The summed E-state index contributed by atoms with van der Waals surface area (Å²) in [6.45, 7) is 7.77. The van der Waals surface area contributed by atoms with Crippen LogP contribution in [0.15, 0.2) is 30.6 Å². The zero-order valence-corrected chi connectivity index (χ0v) is 15.0. The number of hydrogen-bond donors (Lipinski definition) is 0. The molecular formula is C19H24N4O. The molecule has 0 aliphatic carbocycles. The van der Waals surface area contributed by atoms with E-state index in [0.29, 0.717) is 0 Å². The van der Waals surface area contributed by atoms with Crippen molar-refractivity contribution in [3.8, 4) is 5.75 Å². The van der Waals surface area contributed by atoms with Crippen LogP contribution < -0.4 is 4.74 Å². The van der Waals surface area contributed by atoms with E-state index >= 15 is 0 Å². The molecule has 0 amide bonds. The predicted octanol–water partition coefficient (Wildman–Crippen LogP) is 3.30. The highest BCUT2D eigenvalue weighted by Crippen LogP contribution is 2.25. The van der Waals surface area contributed by atoms with Crippen molar-refractivity contribution in [2.24, 2.45) is 0 Å². The van der Waals surface area contributed by atoms with E-state index in [2.05, 4.69) is 46.2 Å². The van der Waals surface area contributed by atoms with Gasteiger partial charge in [0.25, 0.3) is 0 Å². The Hall–Kier alpha value is -2.40. The van der Waals surface area contributed by atoms with Crippen molar-refractivity contribution in [1.29, 1.82) is 0 Å². The minimum atomic E-state index is 0.765. The lowest BCUT2D eigenvalue weighted by Gasteiger charge is -2.19. The maximum atomic E-state index is 5.50. The van der Waals surface area contributed by atoms with Crippen LogP contribution in [0.25, 0.3) is 5.65 Å². The minimum Gasteiger partial charge on any atom is -0.496 e. The number of hydrogen-bond acceptors (Lipinski definition) is 4. The van der Waals surface area contributed by atoms with E-state index in [1.807, 2.05) is 31.5 Å². The van der Waals surface area contributed by atoms with Crippen LogP contribution >= 0.6 is 0 Å². The minimum absolute atomic E-state index is 0.765. The molecule has 0 aromatic carbocycles. The fourth-order valence-corrected chi connectivity index (χ4v) is 3.21. The summed E-state index contributed by atoms with van der Waals surface area (Å²) in [6, 6.07) is 6.18. The Balaban J connectivity index is 1.82. The summed E-state index contributed by atoms with van der Waals surface area (Å²) in [5.74, 6) is 0.930. The van der Waals surface area contributed by atoms with Crippen LogP contribution in [-0.4, -0.2) is 33.4 Å². The summed E-state index contributed by atoms with van der Waals surface area (Å²) in [5, 5.41) is 0. The third-order valence-electron chi connectivity index (χ3n) is 4.40.